The molecule has 2 aromatic heterocycles. The summed E-state index contributed by atoms with van der Waals surface area (Å²) in [6, 6.07) is 10.4. The van der Waals surface area contributed by atoms with E-state index in [1.54, 1.807) is 0 Å². The van der Waals surface area contributed by atoms with E-state index in [2.05, 4.69) is 41.3 Å². The molecule has 0 atom stereocenters. The summed E-state index contributed by atoms with van der Waals surface area (Å²) in [5.41, 5.74) is 4.51. The van der Waals surface area contributed by atoms with Crippen molar-refractivity contribution in [3.63, 3.8) is 0 Å². The zero-order valence-corrected chi connectivity index (χ0v) is 9.36. The number of hydrogen-bond donors (Lipinski definition) is 1. The van der Waals surface area contributed by atoms with E-state index in [1.807, 2.05) is 24.0 Å². The van der Waals surface area contributed by atoms with Crippen LogP contribution in [-0.4, -0.2) is 14.8 Å². The lowest BCUT2D eigenvalue weighted by atomic mass is 10.1. The lowest BCUT2D eigenvalue weighted by molar-refractivity contribution is 0.743. The molecule has 0 saturated carbocycles. The monoisotopic (exact) mass is 211 g/mol. The first-order valence-electron chi connectivity index (χ1n) is 5.33. The van der Waals surface area contributed by atoms with Crippen molar-refractivity contribution < 1.29 is 0 Å². The van der Waals surface area contributed by atoms with Gasteiger partial charge in [-0.2, -0.15) is 5.10 Å². The Hall–Kier alpha value is -2.03. The Morgan fingerprint density at radius 2 is 2.06 bits per heavy atom. The summed E-state index contributed by atoms with van der Waals surface area (Å²) in [4.78, 5) is 3.27. The third kappa shape index (κ3) is 1.25. The third-order valence-electron chi connectivity index (χ3n) is 2.98. The predicted molar refractivity (Wildman–Crippen MR) is 65.2 cm³/mol. The van der Waals surface area contributed by atoms with E-state index in [-0.39, 0.29) is 0 Å². The van der Waals surface area contributed by atoms with E-state index in [0.717, 1.165) is 11.2 Å². The van der Waals surface area contributed by atoms with E-state index in [9.17, 15) is 0 Å². The highest BCUT2D eigenvalue weighted by Gasteiger charge is 2.09. The van der Waals surface area contributed by atoms with E-state index < -0.39 is 0 Å². The minimum absolute atomic E-state index is 1.03. The molecule has 1 aromatic carbocycles. The first kappa shape index (κ1) is 9.21. The molecule has 0 aliphatic carbocycles. The number of H-pyrrole nitrogens is 1. The molecular weight excluding hydrogens is 198 g/mol. The van der Waals surface area contributed by atoms with E-state index in [4.69, 9.17) is 0 Å². The van der Waals surface area contributed by atoms with Crippen LogP contribution in [0.5, 0.6) is 0 Å². The maximum atomic E-state index is 4.50. The van der Waals surface area contributed by atoms with Gasteiger partial charge in [-0.25, -0.2) is 0 Å². The van der Waals surface area contributed by atoms with Gasteiger partial charge in [0, 0.05) is 35.4 Å². The van der Waals surface area contributed by atoms with Gasteiger partial charge in [-0.05, 0) is 19.1 Å². The second-order valence-electron chi connectivity index (χ2n) is 4.04. The molecule has 3 heteroatoms. The molecule has 0 saturated heterocycles. The average molecular weight is 211 g/mol. The predicted octanol–water partition coefficient (Wildman–Crippen LogP) is 2.88. The Morgan fingerprint density at radius 1 is 1.25 bits per heavy atom. The Kier molecular flexibility index (Phi) is 1.86. The largest absolute Gasteiger partial charge is 0.360 e. The van der Waals surface area contributed by atoms with Crippen LogP contribution in [0.15, 0.2) is 36.5 Å². The maximum Gasteiger partial charge on any atom is 0.0947 e. The van der Waals surface area contributed by atoms with Gasteiger partial charge in [0.2, 0.25) is 0 Å². The van der Waals surface area contributed by atoms with Crippen LogP contribution in [0.1, 0.15) is 5.69 Å². The molecule has 16 heavy (non-hydrogen) atoms. The molecule has 0 unspecified atom stereocenters. The highest BCUT2D eigenvalue weighted by atomic mass is 15.3. The number of nitrogens with zero attached hydrogens (tertiary/aromatic N) is 2. The number of aromatic amines is 1. The van der Waals surface area contributed by atoms with Crippen LogP contribution in [0.2, 0.25) is 0 Å². The van der Waals surface area contributed by atoms with Gasteiger partial charge in [-0.3, -0.25) is 4.68 Å². The summed E-state index contributed by atoms with van der Waals surface area (Å²) in [7, 11) is 1.97. The van der Waals surface area contributed by atoms with Crippen molar-refractivity contribution in [3.05, 3.63) is 42.2 Å². The molecule has 3 rings (SSSR count). The van der Waals surface area contributed by atoms with Crippen LogP contribution < -0.4 is 0 Å². The molecule has 3 nitrogen and oxygen atoms in total. The highest BCUT2D eigenvalue weighted by Crippen LogP contribution is 2.27. The van der Waals surface area contributed by atoms with Crippen LogP contribution >= 0.6 is 0 Å². The second-order valence-corrected chi connectivity index (χ2v) is 4.04. The van der Waals surface area contributed by atoms with Crippen molar-refractivity contribution in [2.45, 2.75) is 6.92 Å². The summed E-state index contributed by atoms with van der Waals surface area (Å²) in [5, 5.41) is 5.72. The number of hydrogen-bond acceptors (Lipinski definition) is 1. The lowest BCUT2D eigenvalue weighted by Crippen LogP contribution is -1.91. The summed E-state index contributed by atoms with van der Waals surface area (Å²) >= 11 is 0. The number of aromatic nitrogens is 3. The quantitative estimate of drug-likeness (QED) is 0.659. The van der Waals surface area contributed by atoms with E-state index in [0.29, 0.717) is 0 Å². The normalized spacial score (nSPS) is 11.1. The third-order valence-corrected chi connectivity index (χ3v) is 2.98. The molecule has 3 aromatic rings. The Morgan fingerprint density at radius 3 is 2.81 bits per heavy atom. The minimum atomic E-state index is 1.03. The van der Waals surface area contributed by atoms with Crippen LogP contribution in [-0.2, 0) is 7.05 Å². The highest BCUT2D eigenvalue weighted by molar-refractivity contribution is 5.94. The molecule has 0 bridgehead atoms. The molecule has 1 N–H and O–H groups in total. The van der Waals surface area contributed by atoms with Gasteiger partial charge in [0.05, 0.1) is 5.69 Å². The molecular formula is C13H13N3. The Labute approximate surface area is 93.7 Å². The summed E-state index contributed by atoms with van der Waals surface area (Å²) in [6.07, 6.45) is 2.02. The van der Waals surface area contributed by atoms with Crippen molar-refractivity contribution in [3.8, 4) is 11.3 Å². The molecule has 0 spiro atoms. The number of para-hydroxylation sites is 1. The standard InChI is InChI=1S/C13H13N3/c1-9-7-13(15-16(9)2)11-8-14-12-6-4-3-5-10(11)12/h3-8,14H,1-2H3. The fourth-order valence-corrected chi connectivity index (χ4v) is 1.98. The van der Waals surface area contributed by atoms with Crippen molar-refractivity contribution in [2.24, 2.45) is 7.05 Å². The smallest absolute Gasteiger partial charge is 0.0947 e. The van der Waals surface area contributed by atoms with Crippen LogP contribution in [0.4, 0.5) is 0 Å². The van der Waals surface area contributed by atoms with Gasteiger partial charge in [0.15, 0.2) is 0 Å². The fourth-order valence-electron chi connectivity index (χ4n) is 1.98. The van der Waals surface area contributed by atoms with Gasteiger partial charge in [-0.1, -0.05) is 18.2 Å². The number of fused-ring (bicyclic) bond motifs is 1. The topological polar surface area (TPSA) is 33.6 Å². The van der Waals surface area contributed by atoms with Gasteiger partial charge >= 0.3 is 0 Å². The average Bonchev–Trinajstić information content (AvgIpc) is 2.83. The first-order valence-corrected chi connectivity index (χ1v) is 5.33. The second kappa shape index (κ2) is 3.23. The Balaban J connectivity index is 2.26. The molecule has 0 amide bonds. The zero-order valence-electron chi connectivity index (χ0n) is 9.36. The van der Waals surface area contributed by atoms with Gasteiger partial charge in [0.1, 0.15) is 0 Å². The molecule has 0 radical (unpaired) electrons. The van der Waals surface area contributed by atoms with E-state index >= 15 is 0 Å². The minimum Gasteiger partial charge on any atom is -0.360 e. The molecule has 0 aliphatic rings. The maximum absolute atomic E-state index is 4.50. The fraction of sp³-hybridized carbons (Fsp3) is 0.154. The van der Waals surface area contributed by atoms with Crippen LogP contribution in [0.25, 0.3) is 22.2 Å². The summed E-state index contributed by atoms with van der Waals surface area (Å²) in [5.74, 6) is 0. The van der Waals surface area contributed by atoms with E-state index in [1.165, 1.54) is 16.6 Å². The molecule has 0 aliphatic heterocycles. The SMILES string of the molecule is Cc1cc(-c2c[nH]c3ccccc23)nn1C. The number of rotatable bonds is 1. The molecule has 0 fully saturated rings. The summed E-state index contributed by atoms with van der Waals surface area (Å²) in [6.45, 7) is 2.06. The zero-order chi connectivity index (χ0) is 11.1. The number of aryl methyl sites for hydroxylation is 2. The van der Waals surface area contributed by atoms with Crippen molar-refractivity contribution in [1.82, 2.24) is 14.8 Å². The number of benzene rings is 1. The van der Waals surface area contributed by atoms with Gasteiger partial charge in [0.25, 0.3) is 0 Å². The molecule has 80 valence electrons. The lowest BCUT2D eigenvalue weighted by Gasteiger charge is -1.93. The van der Waals surface area contributed by atoms with Crippen molar-refractivity contribution in [2.75, 3.05) is 0 Å². The van der Waals surface area contributed by atoms with Gasteiger partial charge in [-0.15, -0.1) is 0 Å². The molecule has 2 heterocycles. The Bertz CT molecular complexity index is 627. The van der Waals surface area contributed by atoms with Crippen molar-refractivity contribution >= 4 is 10.9 Å². The van der Waals surface area contributed by atoms with Gasteiger partial charge < -0.3 is 4.98 Å². The summed E-state index contributed by atoms with van der Waals surface area (Å²) < 4.78 is 1.90. The van der Waals surface area contributed by atoms with Crippen LogP contribution in [0, 0.1) is 6.92 Å². The van der Waals surface area contributed by atoms with Crippen molar-refractivity contribution in [1.29, 1.82) is 0 Å². The van der Waals surface area contributed by atoms with Crippen LogP contribution in [0.3, 0.4) is 0 Å². The first-order chi connectivity index (χ1) is 7.75. The number of nitrogens with one attached hydrogen (secondary N) is 1.